The maximum atomic E-state index is 13.0. The zero-order valence-corrected chi connectivity index (χ0v) is 16.4. The number of aryl methyl sites for hydroxylation is 1. The second-order valence-corrected chi connectivity index (χ2v) is 6.79. The number of hydrogen-bond donors (Lipinski definition) is 2. The van der Waals surface area contributed by atoms with Gasteiger partial charge in [-0.3, -0.25) is 19.6 Å². The van der Waals surface area contributed by atoms with E-state index in [0.717, 1.165) is 28.6 Å². The second-order valence-electron chi connectivity index (χ2n) is 6.41. The maximum absolute atomic E-state index is 13.0. The normalized spacial score (nSPS) is 13.9. The van der Waals surface area contributed by atoms with E-state index in [1.165, 1.54) is 0 Å². The van der Waals surface area contributed by atoms with Crippen molar-refractivity contribution in [3.63, 3.8) is 0 Å². The fourth-order valence-corrected chi connectivity index (χ4v) is 3.60. The highest BCUT2D eigenvalue weighted by Gasteiger charge is 2.29. The number of aromatic amines is 1. The number of amides is 1. The topological polar surface area (TPSA) is 77.7 Å². The average Bonchev–Trinajstić information content (AvgIpc) is 3.25. The third-order valence-electron chi connectivity index (χ3n) is 4.60. The quantitative estimate of drug-likeness (QED) is 0.602. The standard InChI is InChI=1S/C19H24N4O3S/c1-3-26-18(25)12-20-19(27)23-10-6-9-22(23)17(24)11-15-13(2)21-16-8-5-4-7-14(15)16/h4-5,7-8,21H,3,6,9-12H2,1-2H3,(H,20,27). The van der Waals surface area contributed by atoms with Crippen LogP contribution in [-0.4, -0.2) is 58.2 Å². The largest absolute Gasteiger partial charge is 0.465 e. The van der Waals surface area contributed by atoms with Gasteiger partial charge in [-0.25, -0.2) is 0 Å². The minimum Gasteiger partial charge on any atom is -0.465 e. The molecule has 1 aliphatic rings. The van der Waals surface area contributed by atoms with E-state index in [9.17, 15) is 9.59 Å². The van der Waals surface area contributed by atoms with Gasteiger partial charge in [-0.1, -0.05) is 18.2 Å². The first kappa shape index (κ1) is 19.2. The Bertz CT molecular complexity index is 864. The van der Waals surface area contributed by atoms with Crippen LogP contribution in [0.2, 0.25) is 0 Å². The van der Waals surface area contributed by atoms with Gasteiger partial charge in [0.2, 0.25) is 5.91 Å². The van der Waals surface area contributed by atoms with Crippen molar-refractivity contribution in [2.45, 2.75) is 26.7 Å². The average molecular weight is 388 g/mol. The van der Waals surface area contributed by atoms with Gasteiger partial charge < -0.3 is 15.0 Å². The van der Waals surface area contributed by atoms with E-state index in [1.54, 1.807) is 16.9 Å². The van der Waals surface area contributed by atoms with Crippen LogP contribution in [0.4, 0.5) is 0 Å². The van der Waals surface area contributed by atoms with Crippen LogP contribution in [0.15, 0.2) is 24.3 Å². The molecule has 1 amide bonds. The lowest BCUT2D eigenvalue weighted by Crippen LogP contribution is -2.50. The molecule has 0 aliphatic carbocycles. The summed E-state index contributed by atoms with van der Waals surface area (Å²) in [6.45, 7) is 5.31. The first-order valence-corrected chi connectivity index (χ1v) is 9.49. The number of hydrazine groups is 1. The van der Waals surface area contributed by atoms with Crippen molar-refractivity contribution >= 4 is 40.1 Å². The van der Waals surface area contributed by atoms with Crippen molar-refractivity contribution in [2.24, 2.45) is 0 Å². The molecular formula is C19H24N4O3S. The Balaban J connectivity index is 1.67. The summed E-state index contributed by atoms with van der Waals surface area (Å²) in [4.78, 5) is 27.8. The number of esters is 1. The number of carbonyl (C=O) groups excluding carboxylic acids is 2. The third-order valence-corrected chi connectivity index (χ3v) is 4.95. The first-order valence-electron chi connectivity index (χ1n) is 9.08. The lowest BCUT2D eigenvalue weighted by molar-refractivity contribution is -0.141. The number of H-pyrrole nitrogens is 1. The Morgan fingerprint density at radius 1 is 1.26 bits per heavy atom. The highest BCUT2D eigenvalue weighted by Crippen LogP contribution is 2.23. The summed E-state index contributed by atoms with van der Waals surface area (Å²) in [6.07, 6.45) is 1.13. The number of hydrogen-bond acceptors (Lipinski definition) is 4. The SMILES string of the molecule is CCOC(=O)CNC(=S)N1CCCN1C(=O)Cc1c(C)[nH]c2ccccc12. The first-order chi connectivity index (χ1) is 13.0. The highest BCUT2D eigenvalue weighted by atomic mass is 32.1. The van der Waals surface area contributed by atoms with E-state index in [-0.39, 0.29) is 18.4 Å². The van der Waals surface area contributed by atoms with E-state index in [1.807, 2.05) is 31.2 Å². The molecule has 0 spiro atoms. The molecule has 144 valence electrons. The minimum absolute atomic E-state index is 0.00718. The predicted octanol–water partition coefficient (Wildman–Crippen LogP) is 1.91. The summed E-state index contributed by atoms with van der Waals surface area (Å²) in [5.74, 6) is -0.382. The van der Waals surface area contributed by atoms with Crippen LogP contribution < -0.4 is 5.32 Å². The predicted molar refractivity (Wildman–Crippen MR) is 107 cm³/mol. The number of rotatable bonds is 5. The van der Waals surface area contributed by atoms with E-state index in [0.29, 0.717) is 31.2 Å². The highest BCUT2D eigenvalue weighted by molar-refractivity contribution is 7.80. The van der Waals surface area contributed by atoms with Gasteiger partial charge in [0.15, 0.2) is 5.11 Å². The van der Waals surface area contributed by atoms with Gasteiger partial charge in [-0.05, 0) is 44.1 Å². The number of para-hydroxylation sites is 1. The van der Waals surface area contributed by atoms with Crippen LogP contribution in [0.1, 0.15) is 24.6 Å². The molecule has 1 saturated heterocycles. The molecule has 2 aromatic rings. The number of aromatic nitrogens is 1. The summed E-state index contributed by atoms with van der Waals surface area (Å²) < 4.78 is 4.89. The summed E-state index contributed by atoms with van der Waals surface area (Å²) in [6, 6.07) is 7.97. The molecule has 0 atom stereocenters. The maximum Gasteiger partial charge on any atom is 0.325 e. The molecule has 3 rings (SSSR count). The summed E-state index contributed by atoms with van der Waals surface area (Å²) >= 11 is 5.37. The Kier molecular flexibility index (Phi) is 5.95. The third kappa shape index (κ3) is 4.21. The fraction of sp³-hybridized carbons (Fsp3) is 0.421. The molecule has 0 unspecified atom stereocenters. The summed E-state index contributed by atoms with van der Waals surface area (Å²) in [7, 11) is 0. The van der Waals surface area contributed by atoms with Crippen molar-refractivity contribution in [1.29, 1.82) is 0 Å². The molecule has 0 radical (unpaired) electrons. The molecular weight excluding hydrogens is 364 g/mol. The van der Waals surface area contributed by atoms with Gasteiger partial charge in [0.1, 0.15) is 6.54 Å². The zero-order chi connectivity index (χ0) is 19.4. The summed E-state index contributed by atoms with van der Waals surface area (Å²) in [5.41, 5.74) is 3.04. The molecule has 0 bridgehead atoms. The monoisotopic (exact) mass is 388 g/mol. The molecule has 1 fully saturated rings. The number of carbonyl (C=O) groups is 2. The van der Waals surface area contributed by atoms with Crippen molar-refractivity contribution in [3.8, 4) is 0 Å². The summed E-state index contributed by atoms with van der Waals surface area (Å²) in [5, 5.41) is 7.71. The van der Waals surface area contributed by atoms with Crippen molar-refractivity contribution in [3.05, 3.63) is 35.5 Å². The van der Waals surface area contributed by atoms with Crippen LogP contribution >= 0.6 is 12.2 Å². The van der Waals surface area contributed by atoms with Crippen molar-refractivity contribution < 1.29 is 14.3 Å². The molecule has 7 nitrogen and oxygen atoms in total. The molecule has 2 heterocycles. The molecule has 27 heavy (non-hydrogen) atoms. The lowest BCUT2D eigenvalue weighted by atomic mass is 10.1. The number of benzene rings is 1. The Labute approximate surface area is 163 Å². The van der Waals surface area contributed by atoms with Gasteiger partial charge in [0.25, 0.3) is 0 Å². The van der Waals surface area contributed by atoms with E-state index in [4.69, 9.17) is 17.0 Å². The molecule has 2 N–H and O–H groups in total. The molecule has 1 aliphatic heterocycles. The van der Waals surface area contributed by atoms with Gasteiger partial charge in [-0.15, -0.1) is 0 Å². The smallest absolute Gasteiger partial charge is 0.325 e. The number of ether oxygens (including phenoxy) is 1. The Hall–Kier alpha value is -2.61. The number of nitrogens with zero attached hydrogens (tertiary/aromatic N) is 2. The molecule has 8 heteroatoms. The number of thiocarbonyl (C=S) groups is 1. The van der Waals surface area contributed by atoms with Crippen LogP contribution in [0, 0.1) is 6.92 Å². The number of nitrogens with one attached hydrogen (secondary N) is 2. The van der Waals surface area contributed by atoms with E-state index < -0.39 is 0 Å². The van der Waals surface area contributed by atoms with Crippen LogP contribution in [0.3, 0.4) is 0 Å². The van der Waals surface area contributed by atoms with E-state index >= 15 is 0 Å². The molecule has 1 aromatic heterocycles. The van der Waals surface area contributed by atoms with Crippen molar-refractivity contribution in [2.75, 3.05) is 26.2 Å². The van der Waals surface area contributed by atoms with Crippen LogP contribution in [0.5, 0.6) is 0 Å². The van der Waals surface area contributed by atoms with Crippen LogP contribution in [-0.2, 0) is 20.7 Å². The number of fused-ring (bicyclic) bond motifs is 1. The lowest BCUT2D eigenvalue weighted by Gasteiger charge is -2.30. The zero-order valence-electron chi connectivity index (χ0n) is 15.6. The minimum atomic E-state index is -0.369. The molecule has 0 saturated carbocycles. The Morgan fingerprint density at radius 3 is 2.78 bits per heavy atom. The van der Waals surface area contributed by atoms with Gasteiger partial charge in [0, 0.05) is 29.7 Å². The van der Waals surface area contributed by atoms with Gasteiger partial charge in [-0.2, -0.15) is 0 Å². The fourth-order valence-electron chi connectivity index (χ4n) is 3.34. The van der Waals surface area contributed by atoms with Gasteiger partial charge in [0.05, 0.1) is 13.0 Å². The van der Waals surface area contributed by atoms with E-state index in [2.05, 4.69) is 10.3 Å². The Morgan fingerprint density at radius 2 is 2.00 bits per heavy atom. The molecule has 1 aromatic carbocycles. The van der Waals surface area contributed by atoms with Crippen LogP contribution in [0.25, 0.3) is 10.9 Å². The van der Waals surface area contributed by atoms with Crippen molar-refractivity contribution in [1.82, 2.24) is 20.3 Å². The second kappa shape index (κ2) is 8.39. The van der Waals surface area contributed by atoms with Gasteiger partial charge >= 0.3 is 5.97 Å².